The van der Waals surface area contributed by atoms with Gasteiger partial charge >= 0.3 is 35.8 Å². The third kappa shape index (κ3) is 21.0. The van der Waals surface area contributed by atoms with Gasteiger partial charge in [-0.3, -0.25) is 19.2 Å². The number of para-hydroxylation sites is 2. The monoisotopic (exact) mass is 1210 g/mol. The lowest BCUT2D eigenvalue weighted by molar-refractivity contribution is -0.145. The van der Waals surface area contributed by atoms with Crippen LogP contribution in [0.4, 0.5) is 5.13 Å². The fourth-order valence-electron chi connectivity index (χ4n) is 9.94. The second-order valence-electron chi connectivity index (χ2n) is 21.2. The Morgan fingerprint density at radius 2 is 0.885 bits per heavy atom. The molecule has 8 rings (SSSR count). The number of thiazole rings is 1. The van der Waals surface area contributed by atoms with E-state index in [0.29, 0.717) is 124 Å². The molecule has 1 aromatic heterocycles. The topological polar surface area (TPSA) is 214 Å². The highest BCUT2D eigenvalue weighted by atomic mass is 32.1. The maximum atomic E-state index is 14.0. The summed E-state index contributed by atoms with van der Waals surface area (Å²) in [6.45, 7) is 9.14. The smallest absolute Gasteiger partial charge is 0.330 e. The van der Waals surface area contributed by atoms with Gasteiger partial charge in [-0.25, -0.2) is 19.6 Å². The molecule has 0 radical (unpaired) electrons. The molecule has 2 aliphatic carbocycles. The van der Waals surface area contributed by atoms with E-state index in [2.05, 4.69) is 13.2 Å². The van der Waals surface area contributed by atoms with E-state index in [1.165, 1.54) is 11.3 Å². The number of carbonyl (C=O) groups excluding carboxylic acids is 6. The van der Waals surface area contributed by atoms with E-state index in [1.807, 2.05) is 54.6 Å². The van der Waals surface area contributed by atoms with E-state index in [4.69, 9.17) is 52.7 Å². The van der Waals surface area contributed by atoms with E-state index in [9.17, 15) is 28.8 Å². The number of ether oxygens (including phenoxy) is 9. The van der Waals surface area contributed by atoms with E-state index < -0.39 is 47.5 Å². The fourth-order valence-corrected chi connectivity index (χ4v) is 10.9. The standard InChI is InChI=1S/C68H75N3O15S/c1-3-62(72)81-43-16-7-5-14-41-78-54-30-34-56(35-31-54)83-64(74)48-22-24-50(25-23-48)66(76)85-58-38-39-60(52(46-58)47-69-71(40-45-80-53-18-10-9-11-19-53)68-70-59-20-12-13-21-61(59)87-68)86-67(77)51-28-26-49(27-29-51)65(75)84-57-36-32-55(33-37-57)79-42-15-6-8-17-44-82-63(73)4-2/h3-4,9-13,18-21,30-39,46-51H,1-2,5-8,14-17,22-29,40-45H2. The Balaban J connectivity index is 0.849. The summed E-state index contributed by atoms with van der Waals surface area (Å²) < 4.78 is 52.4. The number of aromatic nitrogens is 1. The summed E-state index contributed by atoms with van der Waals surface area (Å²) in [5, 5.41) is 7.21. The zero-order valence-electron chi connectivity index (χ0n) is 48.9. The number of hydrogen-bond acceptors (Lipinski definition) is 19. The minimum absolute atomic E-state index is 0.196. The van der Waals surface area contributed by atoms with Gasteiger partial charge < -0.3 is 42.6 Å². The first-order valence-electron chi connectivity index (χ1n) is 29.9. The second-order valence-corrected chi connectivity index (χ2v) is 22.2. The molecule has 87 heavy (non-hydrogen) atoms. The van der Waals surface area contributed by atoms with Crippen molar-refractivity contribution in [3.05, 3.63) is 152 Å². The molecule has 19 heteroatoms. The molecule has 0 saturated heterocycles. The summed E-state index contributed by atoms with van der Waals surface area (Å²) >= 11 is 1.46. The first kappa shape index (κ1) is 64.2. The number of esters is 6. The summed E-state index contributed by atoms with van der Waals surface area (Å²) in [7, 11) is 0. The average Bonchev–Trinajstić information content (AvgIpc) is 3.61. The summed E-state index contributed by atoms with van der Waals surface area (Å²) in [4.78, 5) is 81.7. The zero-order chi connectivity index (χ0) is 61.0. The lowest BCUT2D eigenvalue weighted by Gasteiger charge is -2.26. The van der Waals surface area contributed by atoms with Crippen molar-refractivity contribution in [2.75, 3.05) is 44.6 Å². The Morgan fingerprint density at radius 1 is 0.471 bits per heavy atom. The Kier molecular flexibility index (Phi) is 25.3. The molecule has 2 fully saturated rings. The predicted molar refractivity (Wildman–Crippen MR) is 329 cm³/mol. The fraction of sp³-hybridized carbons (Fsp3) is 0.382. The molecule has 2 aliphatic rings. The molecule has 1 heterocycles. The highest BCUT2D eigenvalue weighted by Gasteiger charge is 2.34. The molecule has 5 aromatic carbocycles. The molecular formula is C68H75N3O15S. The highest BCUT2D eigenvalue weighted by molar-refractivity contribution is 7.22. The van der Waals surface area contributed by atoms with Gasteiger partial charge in [-0.2, -0.15) is 5.10 Å². The van der Waals surface area contributed by atoms with Gasteiger partial charge in [0, 0.05) is 17.7 Å². The number of benzene rings is 5. The summed E-state index contributed by atoms with van der Waals surface area (Å²) in [6, 6.07) is 35.8. The van der Waals surface area contributed by atoms with E-state index >= 15 is 0 Å². The quantitative estimate of drug-likeness (QED) is 0.00935. The molecule has 0 bridgehead atoms. The lowest BCUT2D eigenvalue weighted by atomic mass is 9.82. The molecule has 18 nitrogen and oxygen atoms in total. The van der Waals surface area contributed by atoms with Crippen molar-refractivity contribution in [1.82, 2.24) is 4.98 Å². The Hall–Kier alpha value is -8.84. The predicted octanol–water partition coefficient (Wildman–Crippen LogP) is 13.2. The van der Waals surface area contributed by atoms with Crippen LogP contribution in [0.25, 0.3) is 10.2 Å². The van der Waals surface area contributed by atoms with Gasteiger partial charge in [-0.15, -0.1) is 0 Å². The van der Waals surface area contributed by atoms with Gasteiger partial charge in [0.15, 0.2) is 0 Å². The van der Waals surface area contributed by atoms with Gasteiger partial charge in [0.25, 0.3) is 0 Å². The van der Waals surface area contributed by atoms with Crippen LogP contribution in [0, 0.1) is 23.7 Å². The number of nitrogens with zero attached hydrogens (tertiary/aromatic N) is 3. The molecule has 0 unspecified atom stereocenters. The van der Waals surface area contributed by atoms with E-state index in [-0.39, 0.29) is 30.0 Å². The normalized spacial score (nSPS) is 16.4. The molecule has 0 spiro atoms. The molecule has 0 amide bonds. The summed E-state index contributed by atoms with van der Waals surface area (Å²) in [5.74, 6) is -1.01. The van der Waals surface area contributed by atoms with Crippen molar-refractivity contribution in [3.63, 3.8) is 0 Å². The maximum absolute atomic E-state index is 14.0. The van der Waals surface area contributed by atoms with Gasteiger partial charge in [-0.05, 0) is 194 Å². The van der Waals surface area contributed by atoms with Crippen molar-refractivity contribution < 1.29 is 71.4 Å². The minimum Gasteiger partial charge on any atom is -0.494 e. The van der Waals surface area contributed by atoms with Crippen molar-refractivity contribution in [1.29, 1.82) is 0 Å². The number of rotatable bonds is 33. The Morgan fingerprint density at radius 3 is 1.38 bits per heavy atom. The Labute approximate surface area is 511 Å². The number of hydrazone groups is 1. The lowest BCUT2D eigenvalue weighted by Crippen LogP contribution is -2.30. The van der Waals surface area contributed by atoms with Gasteiger partial charge in [0.2, 0.25) is 5.13 Å². The molecule has 458 valence electrons. The third-order valence-corrected chi connectivity index (χ3v) is 15.9. The number of carbonyl (C=O) groups is 6. The molecular weight excluding hydrogens is 1130 g/mol. The van der Waals surface area contributed by atoms with Crippen LogP contribution in [0.5, 0.6) is 40.2 Å². The van der Waals surface area contributed by atoms with Gasteiger partial charge in [0.05, 0.1) is 73.1 Å². The van der Waals surface area contributed by atoms with Crippen molar-refractivity contribution in [3.8, 4) is 40.2 Å². The van der Waals surface area contributed by atoms with Crippen molar-refractivity contribution in [2.24, 2.45) is 28.8 Å². The van der Waals surface area contributed by atoms with Crippen molar-refractivity contribution in [2.45, 2.75) is 103 Å². The van der Waals surface area contributed by atoms with Gasteiger partial charge in [0.1, 0.15) is 46.9 Å². The van der Waals surface area contributed by atoms with Crippen LogP contribution in [0.15, 0.2) is 152 Å². The molecule has 0 atom stereocenters. The van der Waals surface area contributed by atoms with Crippen LogP contribution < -0.4 is 38.2 Å². The summed E-state index contributed by atoms with van der Waals surface area (Å²) in [5.41, 5.74) is 1.17. The molecule has 0 aliphatic heterocycles. The second kappa shape index (κ2) is 34.3. The number of hydrogen-bond donors (Lipinski definition) is 0. The van der Waals surface area contributed by atoms with Crippen molar-refractivity contribution >= 4 is 68.7 Å². The maximum Gasteiger partial charge on any atom is 0.330 e. The van der Waals surface area contributed by atoms with E-state index in [0.717, 1.165) is 73.7 Å². The van der Waals surface area contributed by atoms with Crippen LogP contribution in [-0.2, 0) is 38.2 Å². The average molecular weight is 1210 g/mol. The van der Waals surface area contributed by atoms with Crippen LogP contribution in [0.1, 0.15) is 108 Å². The van der Waals surface area contributed by atoms with Crippen LogP contribution in [-0.4, -0.2) is 86.6 Å². The van der Waals surface area contributed by atoms with Crippen LogP contribution in [0.2, 0.25) is 0 Å². The first-order chi connectivity index (χ1) is 42.5. The molecule has 6 aromatic rings. The van der Waals surface area contributed by atoms with Gasteiger partial charge in [-0.1, -0.05) is 54.8 Å². The minimum atomic E-state index is -0.494. The number of unbranched alkanes of at least 4 members (excludes halogenated alkanes) is 6. The largest absolute Gasteiger partial charge is 0.494 e. The zero-order valence-corrected chi connectivity index (χ0v) is 49.7. The third-order valence-electron chi connectivity index (χ3n) is 14.9. The highest BCUT2D eigenvalue weighted by Crippen LogP contribution is 2.36. The number of anilines is 1. The van der Waals surface area contributed by atoms with Crippen LogP contribution >= 0.6 is 11.3 Å². The van der Waals surface area contributed by atoms with Crippen LogP contribution in [0.3, 0.4) is 0 Å². The molecule has 0 N–H and O–H groups in total. The van der Waals surface area contributed by atoms with E-state index in [1.54, 1.807) is 78.0 Å². The summed E-state index contributed by atoms with van der Waals surface area (Å²) in [6.07, 6.45) is 14.1. The Bertz CT molecular complexity index is 3210. The number of fused-ring (bicyclic) bond motifs is 1. The molecule has 2 saturated carbocycles. The first-order valence-corrected chi connectivity index (χ1v) is 30.7. The SMILES string of the molecule is C=CC(=O)OCCCCCCOc1ccc(OC(=O)C2CCC(C(=O)Oc3ccc(OC(=O)C4CCC(C(=O)Oc5ccc(OCCCCCCOC(=O)C=C)cc5)CC4)c(C=NN(CCOc4ccccc4)c4nc5ccccc5s4)c3)CC2)cc1.